The van der Waals surface area contributed by atoms with Crippen molar-refractivity contribution in [1.29, 1.82) is 0 Å². The number of hydrogen-bond acceptors (Lipinski definition) is 3. The smallest absolute Gasteiger partial charge is 0.123 e. The summed E-state index contributed by atoms with van der Waals surface area (Å²) in [4.78, 5) is 2.20. The lowest BCUT2D eigenvalue weighted by Crippen LogP contribution is -2.37. The monoisotopic (exact) mass is 276 g/mol. The van der Waals surface area contributed by atoms with Crippen molar-refractivity contribution in [3.05, 3.63) is 59.8 Å². The van der Waals surface area contributed by atoms with Gasteiger partial charge in [-0.1, -0.05) is 12.1 Å². The molecule has 0 spiro atoms. The van der Waals surface area contributed by atoms with Gasteiger partial charge in [-0.3, -0.25) is 4.90 Å². The number of hydrogen-bond donors (Lipinski definition) is 1. The van der Waals surface area contributed by atoms with Crippen LogP contribution in [0.3, 0.4) is 0 Å². The summed E-state index contributed by atoms with van der Waals surface area (Å²) >= 11 is 0. The molecule has 0 radical (unpaired) electrons. The number of halogens is 1. The van der Waals surface area contributed by atoms with Crippen molar-refractivity contribution in [3.63, 3.8) is 0 Å². The van der Waals surface area contributed by atoms with Gasteiger partial charge in [-0.05, 0) is 43.8 Å². The fourth-order valence-corrected chi connectivity index (χ4v) is 2.05. The third-order valence-corrected chi connectivity index (χ3v) is 3.39. The second-order valence-electron chi connectivity index (χ2n) is 5.10. The lowest BCUT2D eigenvalue weighted by atomic mass is 10.2. The van der Waals surface area contributed by atoms with E-state index < -0.39 is 0 Å². The van der Waals surface area contributed by atoms with Crippen LogP contribution in [0.4, 0.5) is 4.39 Å². The van der Waals surface area contributed by atoms with Gasteiger partial charge in [0.1, 0.15) is 11.6 Å². The molecule has 0 saturated carbocycles. The van der Waals surface area contributed by atoms with Crippen LogP contribution in [-0.2, 0) is 13.1 Å². The van der Waals surface area contributed by atoms with Crippen LogP contribution in [0.2, 0.25) is 0 Å². The van der Waals surface area contributed by atoms with E-state index in [1.807, 2.05) is 25.2 Å². The van der Waals surface area contributed by atoms with Gasteiger partial charge in [0.2, 0.25) is 0 Å². The summed E-state index contributed by atoms with van der Waals surface area (Å²) < 4.78 is 18.4. The predicted molar refractivity (Wildman–Crippen MR) is 77.7 cm³/mol. The fraction of sp³-hybridized carbons (Fsp3) is 0.375. The first kappa shape index (κ1) is 14.8. The van der Waals surface area contributed by atoms with Crippen molar-refractivity contribution < 1.29 is 8.81 Å². The number of benzene rings is 1. The molecular weight excluding hydrogens is 255 g/mol. The Hall–Kier alpha value is -1.65. The van der Waals surface area contributed by atoms with Gasteiger partial charge in [-0.15, -0.1) is 0 Å². The summed E-state index contributed by atoms with van der Waals surface area (Å²) in [7, 11) is 2.05. The molecule has 4 heteroatoms. The molecule has 20 heavy (non-hydrogen) atoms. The zero-order valence-electron chi connectivity index (χ0n) is 12.0. The van der Waals surface area contributed by atoms with Crippen molar-refractivity contribution in [1.82, 2.24) is 10.2 Å². The molecular formula is C16H21FN2O. The molecule has 0 amide bonds. The van der Waals surface area contributed by atoms with Gasteiger partial charge in [-0.2, -0.15) is 0 Å². The van der Waals surface area contributed by atoms with E-state index in [9.17, 15) is 4.39 Å². The first-order valence-corrected chi connectivity index (χ1v) is 6.83. The number of nitrogens with one attached hydrogen (secondary N) is 1. The van der Waals surface area contributed by atoms with E-state index in [-0.39, 0.29) is 5.82 Å². The van der Waals surface area contributed by atoms with Gasteiger partial charge in [0, 0.05) is 19.1 Å². The van der Waals surface area contributed by atoms with Crippen LogP contribution >= 0.6 is 0 Å². The average molecular weight is 276 g/mol. The topological polar surface area (TPSA) is 28.4 Å². The zero-order chi connectivity index (χ0) is 14.4. The van der Waals surface area contributed by atoms with Gasteiger partial charge in [0.25, 0.3) is 0 Å². The summed E-state index contributed by atoms with van der Waals surface area (Å²) in [5, 5.41) is 3.36. The van der Waals surface area contributed by atoms with E-state index in [0.717, 1.165) is 31.0 Å². The van der Waals surface area contributed by atoms with E-state index >= 15 is 0 Å². The molecule has 0 fully saturated rings. The number of rotatable bonds is 7. The number of furan rings is 1. The molecule has 0 aliphatic heterocycles. The van der Waals surface area contributed by atoms with Crippen LogP contribution in [0.5, 0.6) is 0 Å². The Balaban J connectivity index is 1.75. The highest BCUT2D eigenvalue weighted by atomic mass is 19.1. The Bertz CT molecular complexity index is 513. The molecule has 0 saturated heterocycles. The van der Waals surface area contributed by atoms with Crippen LogP contribution in [0.1, 0.15) is 18.2 Å². The summed E-state index contributed by atoms with van der Waals surface area (Å²) in [6.45, 7) is 4.47. The molecule has 0 bridgehead atoms. The molecule has 2 rings (SSSR count). The average Bonchev–Trinajstić information content (AvgIpc) is 2.91. The van der Waals surface area contributed by atoms with Crippen molar-refractivity contribution in [3.8, 4) is 0 Å². The molecule has 0 aliphatic carbocycles. The molecule has 1 aromatic heterocycles. The highest BCUT2D eigenvalue weighted by Crippen LogP contribution is 2.08. The van der Waals surface area contributed by atoms with Gasteiger partial charge >= 0.3 is 0 Å². The highest BCUT2D eigenvalue weighted by molar-refractivity contribution is 5.16. The molecule has 0 aliphatic rings. The highest BCUT2D eigenvalue weighted by Gasteiger charge is 2.10. The van der Waals surface area contributed by atoms with Gasteiger partial charge < -0.3 is 9.73 Å². The minimum absolute atomic E-state index is 0.181. The molecule has 1 heterocycles. The summed E-state index contributed by atoms with van der Waals surface area (Å²) in [6, 6.07) is 10.9. The van der Waals surface area contributed by atoms with Crippen LogP contribution in [-0.4, -0.2) is 24.5 Å². The standard InChI is InChI=1S/C16H21FN2O/c1-13(10-18-11-16-7-4-8-20-16)19(2)12-14-5-3-6-15(17)9-14/h3-9,13,18H,10-12H2,1-2H3. The van der Waals surface area contributed by atoms with E-state index in [0.29, 0.717) is 6.04 Å². The predicted octanol–water partition coefficient (Wildman–Crippen LogP) is 3.03. The summed E-state index contributed by atoms with van der Waals surface area (Å²) in [5.74, 6) is 0.754. The van der Waals surface area contributed by atoms with Crippen molar-refractivity contribution >= 4 is 0 Å². The van der Waals surface area contributed by atoms with Crippen molar-refractivity contribution in [2.45, 2.75) is 26.1 Å². The van der Waals surface area contributed by atoms with Gasteiger partial charge in [-0.25, -0.2) is 4.39 Å². The molecule has 108 valence electrons. The SMILES string of the molecule is CC(CNCc1ccco1)N(C)Cc1cccc(F)c1. The minimum Gasteiger partial charge on any atom is -0.468 e. The van der Waals surface area contributed by atoms with Crippen LogP contribution < -0.4 is 5.32 Å². The molecule has 1 atom stereocenters. The maximum Gasteiger partial charge on any atom is 0.123 e. The lowest BCUT2D eigenvalue weighted by Gasteiger charge is -2.25. The quantitative estimate of drug-likeness (QED) is 0.842. The van der Waals surface area contributed by atoms with Gasteiger partial charge in [0.05, 0.1) is 12.8 Å². The van der Waals surface area contributed by atoms with Crippen LogP contribution in [0, 0.1) is 5.82 Å². The largest absolute Gasteiger partial charge is 0.468 e. The molecule has 1 unspecified atom stereocenters. The summed E-state index contributed by atoms with van der Waals surface area (Å²) in [6.07, 6.45) is 1.68. The van der Waals surface area contributed by atoms with Crippen LogP contribution in [0.25, 0.3) is 0 Å². The molecule has 3 nitrogen and oxygen atoms in total. The zero-order valence-corrected chi connectivity index (χ0v) is 12.0. The maximum absolute atomic E-state index is 13.1. The van der Waals surface area contributed by atoms with E-state index in [2.05, 4.69) is 17.1 Å². The van der Waals surface area contributed by atoms with Gasteiger partial charge in [0.15, 0.2) is 0 Å². The Morgan fingerprint density at radius 3 is 2.85 bits per heavy atom. The fourth-order valence-electron chi connectivity index (χ4n) is 2.05. The summed E-state index contributed by atoms with van der Waals surface area (Å²) in [5.41, 5.74) is 0.991. The number of likely N-dealkylation sites (N-methyl/N-ethyl adjacent to an activating group) is 1. The molecule has 1 N–H and O–H groups in total. The Morgan fingerprint density at radius 2 is 2.15 bits per heavy atom. The maximum atomic E-state index is 13.1. The molecule has 1 aromatic carbocycles. The van der Waals surface area contributed by atoms with E-state index in [4.69, 9.17) is 4.42 Å². The van der Waals surface area contributed by atoms with Crippen LogP contribution in [0.15, 0.2) is 47.1 Å². The second-order valence-corrected chi connectivity index (χ2v) is 5.10. The Morgan fingerprint density at radius 1 is 1.30 bits per heavy atom. The number of nitrogens with zero attached hydrogens (tertiary/aromatic N) is 1. The van der Waals surface area contributed by atoms with E-state index in [1.54, 1.807) is 18.4 Å². The first-order valence-electron chi connectivity index (χ1n) is 6.83. The third-order valence-electron chi connectivity index (χ3n) is 3.39. The van der Waals surface area contributed by atoms with Crippen molar-refractivity contribution in [2.24, 2.45) is 0 Å². The lowest BCUT2D eigenvalue weighted by molar-refractivity contribution is 0.241. The second kappa shape index (κ2) is 7.22. The minimum atomic E-state index is -0.181. The van der Waals surface area contributed by atoms with E-state index in [1.165, 1.54) is 6.07 Å². The van der Waals surface area contributed by atoms with Crippen molar-refractivity contribution in [2.75, 3.05) is 13.6 Å². The normalized spacial score (nSPS) is 12.8. The molecule has 2 aromatic rings. The Kier molecular flexibility index (Phi) is 5.32. The first-order chi connectivity index (χ1) is 9.65. The Labute approximate surface area is 119 Å². The third kappa shape index (κ3) is 4.47.